The van der Waals surface area contributed by atoms with Gasteiger partial charge in [0.25, 0.3) is 0 Å². The van der Waals surface area contributed by atoms with E-state index < -0.39 is 0 Å². The highest BCUT2D eigenvalue weighted by Gasteiger charge is 2.17. The summed E-state index contributed by atoms with van der Waals surface area (Å²) in [5.41, 5.74) is 6.98. The monoisotopic (exact) mass is 370 g/mol. The number of hydrogen-bond donors (Lipinski definition) is 2. The highest BCUT2D eigenvalue weighted by atomic mass is 79.9. The fraction of sp³-hybridized carbons (Fsp3) is 0.333. The molecule has 0 amide bonds. The predicted octanol–water partition coefficient (Wildman–Crippen LogP) is 3.32. The maximum absolute atomic E-state index is 5.92. The van der Waals surface area contributed by atoms with Crippen molar-refractivity contribution in [2.75, 3.05) is 20.8 Å². The van der Waals surface area contributed by atoms with Crippen molar-refractivity contribution in [1.29, 1.82) is 0 Å². The Labute approximate surface area is 137 Å². The van der Waals surface area contributed by atoms with Crippen LogP contribution < -0.4 is 20.5 Å². The Balaban J connectivity index is 2.20. The molecule has 2 aromatic rings. The Morgan fingerprint density at radius 3 is 2.57 bits per heavy atom. The molecule has 3 N–H and O–H groups in total. The summed E-state index contributed by atoms with van der Waals surface area (Å²) >= 11 is 5.31. The second-order valence-corrected chi connectivity index (χ2v) is 6.36. The Morgan fingerprint density at radius 2 is 2.00 bits per heavy atom. The van der Waals surface area contributed by atoms with Crippen LogP contribution in [-0.2, 0) is 6.54 Å². The van der Waals surface area contributed by atoms with Gasteiger partial charge in [-0.25, -0.2) is 0 Å². The van der Waals surface area contributed by atoms with Crippen LogP contribution in [0.1, 0.15) is 16.5 Å². The highest BCUT2D eigenvalue weighted by molar-refractivity contribution is 9.10. The average Bonchev–Trinajstić information content (AvgIpc) is 3.02. The molecule has 114 valence electrons. The highest BCUT2D eigenvalue weighted by Crippen LogP contribution is 2.35. The zero-order valence-corrected chi connectivity index (χ0v) is 14.5. The summed E-state index contributed by atoms with van der Waals surface area (Å²) in [6.07, 6.45) is 0. The van der Waals surface area contributed by atoms with Crippen LogP contribution in [0.2, 0.25) is 0 Å². The van der Waals surface area contributed by atoms with Gasteiger partial charge in [0.15, 0.2) is 11.5 Å². The zero-order chi connectivity index (χ0) is 15.2. The van der Waals surface area contributed by atoms with Crippen LogP contribution in [0.4, 0.5) is 0 Å². The first kappa shape index (κ1) is 16.3. The molecule has 0 radical (unpaired) electrons. The van der Waals surface area contributed by atoms with E-state index in [1.54, 1.807) is 25.6 Å². The zero-order valence-electron chi connectivity index (χ0n) is 12.1. The summed E-state index contributed by atoms with van der Waals surface area (Å²) in [7, 11) is 3.26. The third kappa shape index (κ3) is 3.97. The lowest BCUT2D eigenvalue weighted by molar-refractivity contribution is 0.353. The standard InChI is InChI=1S/C15H19BrN2O2S/c1-19-14-6-11(12(16)7-15(14)20-2)13(8-17)18-9-10-4-3-5-21-10/h3-7,13,18H,8-9,17H2,1-2H3. The molecule has 0 bridgehead atoms. The average molecular weight is 371 g/mol. The van der Waals surface area contributed by atoms with Crippen LogP contribution in [0.5, 0.6) is 11.5 Å². The smallest absolute Gasteiger partial charge is 0.161 e. The summed E-state index contributed by atoms with van der Waals surface area (Å²) in [6, 6.07) is 8.06. The molecule has 0 aliphatic heterocycles. The minimum atomic E-state index is 0.0429. The van der Waals surface area contributed by atoms with E-state index in [1.807, 2.05) is 18.2 Å². The molecule has 1 aromatic carbocycles. The summed E-state index contributed by atoms with van der Waals surface area (Å²) in [5.74, 6) is 1.40. The summed E-state index contributed by atoms with van der Waals surface area (Å²) in [6.45, 7) is 1.29. The van der Waals surface area contributed by atoms with E-state index in [-0.39, 0.29) is 6.04 Å². The van der Waals surface area contributed by atoms with Gasteiger partial charge in [-0.2, -0.15) is 0 Å². The minimum Gasteiger partial charge on any atom is -0.493 e. The van der Waals surface area contributed by atoms with Crippen LogP contribution in [-0.4, -0.2) is 20.8 Å². The van der Waals surface area contributed by atoms with Gasteiger partial charge in [-0.1, -0.05) is 22.0 Å². The topological polar surface area (TPSA) is 56.5 Å². The Kier molecular flexibility index (Phi) is 6.05. The molecule has 0 spiro atoms. The Morgan fingerprint density at radius 1 is 1.29 bits per heavy atom. The van der Waals surface area contributed by atoms with Crippen molar-refractivity contribution in [2.45, 2.75) is 12.6 Å². The third-order valence-corrected chi connectivity index (χ3v) is 4.78. The predicted molar refractivity (Wildman–Crippen MR) is 90.2 cm³/mol. The van der Waals surface area contributed by atoms with Crippen molar-refractivity contribution in [3.05, 3.63) is 44.6 Å². The van der Waals surface area contributed by atoms with Crippen LogP contribution >= 0.6 is 27.3 Å². The van der Waals surface area contributed by atoms with E-state index in [4.69, 9.17) is 15.2 Å². The number of methoxy groups -OCH3 is 2. The van der Waals surface area contributed by atoms with E-state index in [1.165, 1.54) is 4.88 Å². The fourth-order valence-corrected chi connectivity index (χ4v) is 3.35. The van der Waals surface area contributed by atoms with Gasteiger partial charge in [0.2, 0.25) is 0 Å². The van der Waals surface area contributed by atoms with Crippen LogP contribution in [0, 0.1) is 0 Å². The van der Waals surface area contributed by atoms with Gasteiger partial charge >= 0.3 is 0 Å². The van der Waals surface area contributed by atoms with Crippen molar-refractivity contribution >= 4 is 27.3 Å². The molecule has 0 saturated heterocycles. The van der Waals surface area contributed by atoms with Gasteiger partial charge in [0.1, 0.15) is 0 Å². The molecule has 1 atom stereocenters. The first-order chi connectivity index (χ1) is 10.2. The maximum Gasteiger partial charge on any atom is 0.161 e. The lowest BCUT2D eigenvalue weighted by Crippen LogP contribution is -2.28. The molecule has 1 unspecified atom stereocenters. The third-order valence-electron chi connectivity index (χ3n) is 3.22. The molecule has 0 aliphatic carbocycles. The number of nitrogens with one attached hydrogen (secondary N) is 1. The SMILES string of the molecule is COc1cc(Br)c(C(CN)NCc2cccs2)cc1OC. The van der Waals surface area contributed by atoms with Crippen molar-refractivity contribution in [3.63, 3.8) is 0 Å². The minimum absolute atomic E-state index is 0.0429. The summed E-state index contributed by atoms with van der Waals surface area (Å²) in [5, 5.41) is 5.55. The van der Waals surface area contributed by atoms with Crippen molar-refractivity contribution in [3.8, 4) is 11.5 Å². The summed E-state index contributed by atoms with van der Waals surface area (Å²) in [4.78, 5) is 1.28. The van der Waals surface area contributed by atoms with E-state index in [2.05, 4.69) is 32.7 Å². The molecule has 0 fully saturated rings. The molecule has 1 aromatic heterocycles. The summed E-state index contributed by atoms with van der Waals surface area (Å²) < 4.78 is 11.6. The number of benzene rings is 1. The Hall–Kier alpha value is -1.08. The van der Waals surface area contributed by atoms with Gasteiger partial charge in [0, 0.05) is 28.5 Å². The molecule has 0 aliphatic rings. The number of thiophene rings is 1. The number of halogens is 1. The second-order valence-electron chi connectivity index (χ2n) is 4.48. The van der Waals surface area contributed by atoms with E-state index in [9.17, 15) is 0 Å². The van der Waals surface area contributed by atoms with Crippen molar-refractivity contribution in [1.82, 2.24) is 5.32 Å². The molecule has 1 heterocycles. The van der Waals surface area contributed by atoms with E-state index in [0.717, 1.165) is 16.6 Å². The first-order valence-electron chi connectivity index (χ1n) is 6.56. The van der Waals surface area contributed by atoms with Crippen LogP contribution in [0.3, 0.4) is 0 Å². The number of rotatable bonds is 7. The van der Waals surface area contributed by atoms with E-state index >= 15 is 0 Å². The quantitative estimate of drug-likeness (QED) is 0.784. The molecular weight excluding hydrogens is 352 g/mol. The molecule has 21 heavy (non-hydrogen) atoms. The van der Waals surface area contributed by atoms with Gasteiger partial charge in [0.05, 0.1) is 14.2 Å². The molecule has 0 saturated carbocycles. The van der Waals surface area contributed by atoms with Crippen LogP contribution in [0.25, 0.3) is 0 Å². The lowest BCUT2D eigenvalue weighted by atomic mass is 10.1. The first-order valence-corrected chi connectivity index (χ1v) is 8.24. The van der Waals surface area contributed by atoms with Gasteiger partial charge in [-0.15, -0.1) is 11.3 Å². The van der Waals surface area contributed by atoms with Crippen molar-refractivity contribution in [2.24, 2.45) is 5.73 Å². The van der Waals surface area contributed by atoms with Crippen LogP contribution in [0.15, 0.2) is 34.1 Å². The number of ether oxygens (including phenoxy) is 2. The molecule has 2 rings (SSSR count). The normalized spacial score (nSPS) is 12.2. The fourth-order valence-electron chi connectivity index (χ4n) is 2.09. The lowest BCUT2D eigenvalue weighted by Gasteiger charge is -2.20. The number of nitrogens with two attached hydrogens (primary N) is 1. The Bertz CT molecular complexity index is 575. The molecular formula is C15H19BrN2O2S. The van der Waals surface area contributed by atoms with Crippen molar-refractivity contribution < 1.29 is 9.47 Å². The molecule has 4 nitrogen and oxygen atoms in total. The largest absolute Gasteiger partial charge is 0.493 e. The second kappa shape index (κ2) is 7.79. The van der Waals surface area contributed by atoms with Gasteiger partial charge in [-0.05, 0) is 29.1 Å². The number of hydrogen-bond acceptors (Lipinski definition) is 5. The molecule has 6 heteroatoms. The van der Waals surface area contributed by atoms with Gasteiger partial charge < -0.3 is 20.5 Å². The van der Waals surface area contributed by atoms with E-state index in [0.29, 0.717) is 18.0 Å². The van der Waals surface area contributed by atoms with Gasteiger partial charge in [-0.3, -0.25) is 0 Å². The maximum atomic E-state index is 5.92.